The summed E-state index contributed by atoms with van der Waals surface area (Å²) in [5.74, 6) is 0. The van der Waals surface area contributed by atoms with E-state index in [1.807, 2.05) is 0 Å². The molecule has 0 unspecified atom stereocenters. The van der Waals surface area contributed by atoms with E-state index >= 15 is 0 Å². The van der Waals surface area contributed by atoms with Crippen molar-refractivity contribution in [2.75, 3.05) is 0 Å². The van der Waals surface area contributed by atoms with Crippen LogP contribution in [0.25, 0.3) is 0 Å². The number of hydrogen-bond acceptors (Lipinski definition) is 2. The lowest BCUT2D eigenvalue weighted by Crippen LogP contribution is -1.84. The Kier molecular flexibility index (Phi) is 3.98. The summed E-state index contributed by atoms with van der Waals surface area (Å²) in [6, 6.07) is 7.93. The average Bonchev–Trinajstić information content (AvgIpc) is 1.90. The summed E-state index contributed by atoms with van der Waals surface area (Å²) in [6.07, 6.45) is 0. The lowest BCUT2D eigenvalue weighted by atomic mass is 10.3. The number of non-ortho nitro benzene ring substituents is 1. The molecule has 1 aromatic rings. The molecule has 3 nitrogen and oxygen atoms in total. The minimum Gasteiger partial charge on any atom is -0.258 e. The highest BCUT2D eigenvalue weighted by Gasteiger charge is 1.98. The molecule has 0 aliphatic heterocycles. The Hall–Kier alpha value is -0.614. The second-order valence-electron chi connectivity index (χ2n) is 1.59. The van der Waals surface area contributed by atoms with Crippen molar-refractivity contribution in [3.05, 3.63) is 40.4 Å². The van der Waals surface area contributed by atoms with E-state index in [1.54, 1.807) is 18.2 Å². The Morgan fingerprint density at radius 2 is 1.70 bits per heavy atom. The van der Waals surface area contributed by atoms with Crippen LogP contribution in [0, 0.1) is 10.1 Å². The molecule has 1 rings (SSSR count). The normalized spacial score (nSPS) is 8.00. The molecule has 0 aliphatic carbocycles. The van der Waals surface area contributed by atoms with Gasteiger partial charge in [0.1, 0.15) is 0 Å². The first-order valence-electron chi connectivity index (χ1n) is 2.50. The molecule has 4 heteroatoms. The van der Waals surface area contributed by atoms with Crippen molar-refractivity contribution in [3.63, 3.8) is 0 Å². The molecule has 0 spiro atoms. The predicted molar refractivity (Wildman–Crippen MR) is 41.6 cm³/mol. The maximum absolute atomic E-state index is 10.0. The van der Waals surface area contributed by atoms with E-state index in [-0.39, 0.29) is 28.7 Å². The number of hydrogen-bond donors (Lipinski definition) is 0. The van der Waals surface area contributed by atoms with E-state index in [0.717, 1.165) is 0 Å². The summed E-state index contributed by atoms with van der Waals surface area (Å²) in [5.41, 5.74) is 0.137. The first kappa shape index (κ1) is 9.39. The molecule has 50 valence electrons. The molecule has 0 heterocycles. The Bertz CT molecular complexity index is 212. The SMILES string of the molecule is O=[N+]([O-])c1ccccc1.[MgH2]. The molecule has 0 saturated heterocycles. The molecule has 0 atom stereocenters. The van der Waals surface area contributed by atoms with Crippen LogP contribution < -0.4 is 0 Å². The Labute approximate surface area is 74.4 Å². The van der Waals surface area contributed by atoms with Gasteiger partial charge in [-0.2, -0.15) is 0 Å². The third-order valence-electron chi connectivity index (χ3n) is 0.967. The van der Waals surface area contributed by atoms with Crippen molar-refractivity contribution < 1.29 is 4.92 Å². The minimum absolute atomic E-state index is 0. The molecule has 0 N–H and O–H groups in total. The van der Waals surface area contributed by atoms with E-state index in [2.05, 4.69) is 0 Å². The van der Waals surface area contributed by atoms with Gasteiger partial charge >= 0.3 is 23.1 Å². The van der Waals surface area contributed by atoms with Crippen LogP contribution in [-0.2, 0) is 0 Å². The summed E-state index contributed by atoms with van der Waals surface area (Å²) in [5, 5.41) is 10.0. The second-order valence-corrected chi connectivity index (χ2v) is 1.59. The molecular weight excluding hydrogens is 142 g/mol. The number of benzene rings is 1. The van der Waals surface area contributed by atoms with Crippen LogP contribution >= 0.6 is 0 Å². The fourth-order valence-electron chi connectivity index (χ4n) is 0.550. The second kappa shape index (κ2) is 4.24. The van der Waals surface area contributed by atoms with Crippen molar-refractivity contribution in [2.45, 2.75) is 0 Å². The summed E-state index contributed by atoms with van der Waals surface area (Å²) in [7, 11) is 0. The van der Waals surface area contributed by atoms with Gasteiger partial charge in [0, 0.05) is 12.1 Å². The highest BCUT2D eigenvalue weighted by molar-refractivity contribution is 5.75. The van der Waals surface area contributed by atoms with Crippen LogP contribution in [-0.4, -0.2) is 28.0 Å². The van der Waals surface area contributed by atoms with Crippen LogP contribution in [0.4, 0.5) is 5.69 Å². The maximum Gasteiger partial charge on any atom is 0.316 e. The molecule has 0 bridgehead atoms. The minimum atomic E-state index is -0.417. The van der Waals surface area contributed by atoms with Crippen LogP contribution in [0.3, 0.4) is 0 Å². The first-order chi connectivity index (χ1) is 4.30. The standard InChI is InChI=1S/C6H5NO2.Mg.2H/c8-7(9)6-4-2-1-3-5-6;;;/h1-5H;;;. The van der Waals surface area contributed by atoms with Crippen molar-refractivity contribution in [1.82, 2.24) is 0 Å². The number of nitro benzene ring substituents is 1. The quantitative estimate of drug-likeness (QED) is 0.335. The fourth-order valence-corrected chi connectivity index (χ4v) is 0.550. The lowest BCUT2D eigenvalue weighted by Gasteiger charge is -1.85. The molecular formula is C6H7MgNO2. The van der Waals surface area contributed by atoms with Gasteiger partial charge < -0.3 is 0 Å². The molecule has 0 radical (unpaired) electrons. The monoisotopic (exact) mass is 149 g/mol. The molecule has 0 saturated carbocycles. The summed E-state index contributed by atoms with van der Waals surface area (Å²) >= 11 is 0. The molecule has 0 amide bonds. The van der Waals surface area contributed by atoms with Gasteiger partial charge in [0.15, 0.2) is 0 Å². The largest absolute Gasteiger partial charge is 0.316 e. The summed E-state index contributed by atoms with van der Waals surface area (Å²) in [6.45, 7) is 0. The van der Waals surface area contributed by atoms with E-state index in [4.69, 9.17) is 0 Å². The van der Waals surface area contributed by atoms with Gasteiger partial charge in [0.05, 0.1) is 4.92 Å². The third-order valence-corrected chi connectivity index (χ3v) is 0.967. The van der Waals surface area contributed by atoms with Crippen molar-refractivity contribution >= 4 is 28.7 Å². The smallest absolute Gasteiger partial charge is 0.258 e. The highest BCUT2D eigenvalue weighted by atomic mass is 24.3. The number of nitrogens with zero attached hydrogens (tertiary/aromatic N) is 1. The van der Waals surface area contributed by atoms with Crippen LogP contribution in [0.1, 0.15) is 0 Å². The predicted octanol–water partition coefficient (Wildman–Crippen LogP) is 0.679. The number of nitro groups is 1. The van der Waals surface area contributed by atoms with Gasteiger partial charge in [0.2, 0.25) is 0 Å². The number of para-hydroxylation sites is 1. The van der Waals surface area contributed by atoms with E-state index in [1.165, 1.54) is 12.1 Å². The Balaban J connectivity index is 0.000000810. The van der Waals surface area contributed by atoms with E-state index in [9.17, 15) is 10.1 Å². The van der Waals surface area contributed by atoms with Gasteiger partial charge in [0.25, 0.3) is 5.69 Å². The lowest BCUT2D eigenvalue weighted by molar-refractivity contribution is -0.384. The molecule has 0 aliphatic rings. The fraction of sp³-hybridized carbons (Fsp3) is 0. The molecule has 1 aromatic carbocycles. The van der Waals surface area contributed by atoms with Crippen LogP contribution in [0.2, 0.25) is 0 Å². The number of rotatable bonds is 1. The van der Waals surface area contributed by atoms with E-state index < -0.39 is 4.92 Å². The zero-order valence-corrected chi connectivity index (χ0v) is 4.65. The zero-order chi connectivity index (χ0) is 6.69. The third kappa shape index (κ3) is 2.32. The maximum atomic E-state index is 10.0. The van der Waals surface area contributed by atoms with Gasteiger partial charge in [-0.05, 0) is 0 Å². The van der Waals surface area contributed by atoms with Crippen molar-refractivity contribution in [3.8, 4) is 0 Å². The van der Waals surface area contributed by atoms with Gasteiger partial charge in [-0.25, -0.2) is 0 Å². The van der Waals surface area contributed by atoms with Gasteiger partial charge in [-0.1, -0.05) is 18.2 Å². The topological polar surface area (TPSA) is 43.1 Å². The van der Waals surface area contributed by atoms with Crippen LogP contribution in [0.5, 0.6) is 0 Å². The highest BCUT2D eigenvalue weighted by Crippen LogP contribution is 2.06. The Morgan fingerprint density at radius 3 is 2.00 bits per heavy atom. The summed E-state index contributed by atoms with van der Waals surface area (Å²) < 4.78 is 0. The first-order valence-corrected chi connectivity index (χ1v) is 2.50. The average molecular weight is 149 g/mol. The molecule has 0 aromatic heterocycles. The van der Waals surface area contributed by atoms with Crippen LogP contribution in [0.15, 0.2) is 30.3 Å². The Morgan fingerprint density at radius 1 is 1.20 bits per heavy atom. The van der Waals surface area contributed by atoms with Crippen molar-refractivity contribution in [1.29, 1.82) is 0 Å². The van der Waals surface area contributed by atoms with Gasteiger partial charge in [-0.3, -0.25) is 10.1 Å². The van der Waals surface area contributed by atoms with E-state index in [0.29, 0.717) is 0 Å². The zero-order valence-electron chi connectivity index (χ0n) is 4.65. The van der Waals surface area contributed by atoms with Gasteiger partial charge in [-0.15, -0.1) is 0 Å². The molecule has 10 heavy (non-hydrogen) atoms. The van der Waals surface area contributed by atoms with Crippen molar-refractivity contribution in [2.24, 2.45) is 0 Å². The molecule has 0 fully saturated rings. The summed E-state index contributed by atoms with van der Waals surface area (Å²) in [4.78, 5) is 9.59.